The number of nitrogens with one attached hydrogen (secondary N) is 2. The maximum absolute atomic E-state index is 13.4. The van der Waals surface area contributed by atoms with Crippen LogP contribution in [0.4, 0.5) is 15.8 Å². The minimum Gasteiger partial charge on any atom is -0.459 e. The number of nitrogens with zero attached hydrogens (tertiary/aromatic N) is 2. The zero-order chi connectivity index (χ0) is 24.6. The van der Waals surface area contributed by atoms with E-state index in [4.69, 9.17) is 16.6 Å². The average Bonchev–Trinajstić information content (AvgIpc) is 3.44. The van der Waals surface area contributed by atoms with Crippen molar-refractivity contribution in [3.05, 3.63) is 102 Å². The van der Waals surface area contributed by atoms with Gasteiger partial charge in [0, 0.05) is 23.1 Å². The topological polar surface area (TPSA) is 87.5 Å². The maximum atomic E-state index is 13.4. The third-order valence-corrected chi connectivity index (χ3v) is 6.51. The van der Waals surface area contributed by atoms with Crippen molar-refractivity contribution in [2.45, 2.75) is 12.1 Å². The molecule has 2 aromatic heterocycles. The lowest BCUT2D eigenvalue weighted by Gasteiger charge is -2.26. The van der Waals surface area contributed by atoms with Crippen LogP contribution in [0.3, 0.4) is 0 Å². The number of hydrogen-bond donors (Lipinski definition) is 2. The SMILES string of the molecule is CS(=O)(=O)Nc1ccc(N2C(=S)N[C@@H](c3ccccn3)[C@H]2c2ccc(-c3ccc(F)cc3)o2)cc1. The Morgan fingerprint density at radius 3 is 2.43 bits per heavy atom. The molecule has 2 atom stereocenters. The van der Waals surface area contributed by atoms with Crippen molar-refractivity contribution in [2.75, 3.05) is 15.9 Å². The highest BCUT2D eigenvalue weighted by molar-refractivity contribution is 7.92. The Labute approximate surface area is 207 Å². The monoisotopic (exact) mass is 508 g/mol. The largest absolute Gasteiger partial charge is 0.459 e. The van der Waals surface area contributed by atoms with Gasteiger partial charge in [-0.3, -0.25) is 9.71 Å². The highest BCUT2D eigenvalue weighted by Crippen LogP contribution is 2.43. The van der Waals surface area contributed by atoms with Gasteiger partial charge < -0.3 is 14.6 Å². The molecule has 0 bridgehead atoms. The number of aromatic nitrogens is 1. The van der Waals surface area contributed by atoms with E-state index in [9.17, 15) is 12.8 Å². The fraction of sp³-hybridized carbons (Fsp3) is 0.120. The number of thiocarbonyl (C=S) groups is 1. The molecular weight excluding hydrogens is 487 g/mol. The van der Waals surface area contributed by atoms with E-state index in [1.807, 2.05) is 35.2 Å². The van der Waals surface area contributed by atoms with Crippen LogP contribution in [0.1, 0.15) is 23.5 Å². The van der Waals surface area contributed by atoms with Crippen LogP contribution in [0, 0.1) is 5.82 Å². The predicted octanol–water partition coefficient (Wildman–Crippen LogP) is 5.03. The van der Waals surface area contributed by atoms with E-state index in [0.29, 0.717) is 22.3 Å². The van der Waals surface area contributed by atoms with Crippen LogP contribution in [-0.2, 0) is 10.0 Å². The number of anilines is 2. The minimum absolute atomic E-state index is 0.301. The van der Waals surface area contributed by atoms with Crippen molar-refractivity contribution in [2.24, 2.45) is 0 Å². The molecule has 0 unspecified atom stereocenters. The summed E-state index contributed by atoms with van der Waals surface area (Å²) in [7, 11) is -3.39. The van der Waals surface area contributed by atoms with Gasteiger partial charge >= 0.3 is 0 Å². The summed E-state index contributed by atoms with van der Waals surface area (Å²) in [5.41, 5.74) is 2.74. The number of halogens is 1. The molecular formula is C25H21FN4O3S2. The van der Waals surface area contributed by atoms with E-state index in [1.165, 1.54) is 12.1 Å². The molecule has 35 heavy (non-hydrogen) atoms. The second kappa shape index (κ2) is 9.12. The van der Waals surface area contributed by atoms with E-state index in [-0.39, 0.29) is 17.9 Å². The molecule has 5 rings (SSSR count). The van der Waals surface area contributed by atoms with Gasteiger partial charge in [-0.2, -0.15) is 0 Å². The third-order valence-electron chi connectivity index (χ3n) is 5.59. The Balaban J connectivity index is 1.54. The zero-order valence-electron chi connectivity index (χ0n) is 18.6. The van der Waals surface area contributed by atoms with Gasteiger partial charge in [-0.1, -0.05) is 6.07 Å². The van der Waals surface area contributed by atoms with Crippen molar-refractivity contribution < 1.29 is 17.2 Å². The number of sulfonamides is 1. The molecule has 178 valence electrons. The van der Waals surface area contributed by atoms with Crippen LogP contribution in [-0.4, -0.2) is 24.8 Å². The lowest BCUT2D eigenvalue weighted by Crippen LogP contribution is -2.29. The van der Waals surface area contributed by atoms with Crippen LogP contribution >= 0.6 is 12.2 Å². The fourth-order valence-corrected chi connectivity index (χ4v) is 5.02. The van der Waals surface area contributed by atoms with Gasteiger partial charge in [0.25, 0.3) is 0 Å². The standard InChI is InChI=1S/C25H21FN4O3S2/c1-35(31,32)29-18-9-11-19(12-10-18)30-24(23(28-25(30)34)20-4-2-3-15-27-20)22-14-13-21(33-22)16-5-7-17(26)8-6-16/h2-15,23-24,29H,1H3,(H,28,34)/t23-,24+/m0/s1. The Hall–Kier alpha value is -3.76. The number of rotatable bonds is 6. The lowest BCUT2D eigenvalue weighted by atomic mass is 10.0. The van der Waals surface area contributed by atoms with Gasteiger partial charge in [0.05, 0.1) is 18.0 Å². The molecule has 1 aliphatic heterocycles. The average molecular weight is 509 g/mol. The molecule has 1 aliphatic rings. The normalized spacial score (nSPS) is 17.9. The summed E-state index contributed by atoms with van der Waals surface area (Å²) in [4.78, 5) is 6.44. The second-order valence-corrected chi connectivity index (χ2v) is 10.3. The van der Waals surface area contributed by atoms with Crippen LogP contribution in [0.15, 0.2) is 89.5 Å². The molecule has 1 fully saturated rings. The van der Waals surface area contributed by atoms with Gasteiger partial charge in [-0.15, -0.1) is 0 Å². The number of pyridine rings is 1. The summed E-state index contributed by atoms with van der Waals surface area (Å²) in [5.74, 6) is 0.928. The molecule has 7 nitrogen and oxygen atoms in total. The number of furan rings is 1. The van der Waals surface area contributed by atoms with Gasteiger partial charge in [-0.25, -0.2) is 12.8 Å². The van der Waals surface area contributed by atoms with Crippen molar-refractivity contribution in [3.8, 4) is 11.3 Å². The number of hydrogen-bond acceptors (Lipinski definition) is 5. The quantitative estimate of drug-likeness (QED) is 0.353. The summed E-state index contributed by atoms with van der Waals surface area (Å²) >= 11 is 5.70. The first-order valence-corrected chi connectivity index (χ1v) is 13.0. The summed E-state index contributed by atoms with van der Waals surface area (Å²) in [6.07, 6.45) is 2.82. The zero-order valence-corrected chi connectivity index (χ0v) is 20.2. The summed E-state index contributed by atoms with van der Waals surface area (Å²) in [5, 5.41) is 3.83. The third kappa shape index (κ3) is 4.89. The fourth-order valence-electron chi connectivity index (χ4n) is 4.11. The van der Waals surface area contributed by atoms with E-state index in [1.54, 1.807) is 42.6 Å². The van der Waals surface area contributed by atoms with Crippen molar-refractivity contribution in [1.29, 1.82) is 0 Å². The molecule has 4 aromatic rings. The van der Waals surface area contributed by atoms with Gasteiger partial charge in [0.1, 0.15) is 23.4 Å². The summed E-state index contributed by atoms with van der Waals surface area (Å²) < 4.78 is 45.3. The summed E-state index contributed by atoms with van der Waals surface area (Å²) in [6, 6.07) is 21.8. The first-order valence-electron chi connectivity index (χ1n) is 10.7. The minimum atomic E-state index is -3.39. The van der Waals surface area contributed by atoms with Crippen molar-refractivity contribution >= 4 is 38.7 Å². The number of benzene rings is 2. The van der Waals surface area contributed by atoms with Gasteiger partial charge in [-0.05, 0) is 85.0 Å². The molecule has 0 aliphatic carbocycles. The van der Waals surface area contributed by atoms with Gasteiger partial charge in [0.2, 0.25) is 10.0 Å². The maximum Gasteiger partial charge on any atom is 0.229 e. The smallest absolute Gasteiger partial charge is 0.229 e. The first-order chi connectivity index (χ1) is 16.8. The molecule has 2 N–H and O–H groups in total. The van der Waals surface area contributed by atoms with Crippen LogP contribution < -0.4 is 14.9 Å². The Morgan fingerprint density at radius 2 is 1.77 bits per heavy atom. The van der Waals surface area contributed by atoms with E-state index in [2.05, 4.69) is 15.0 Å². The molecule has 0 amide bonds. The lowest BCUT2D eigenvalue weighted by molar-refractivity contribution is 0.439. The Morgan fingerprint density at radius 1 is 1.03 bits per heavy atom. The molecule has 0 spiro atoms. The van der Waals surface area contributed by atoms with E-state index in [0.717, 1.165) is 23.2 Å². The molecule has 2 aromatic carbocycles. The van der Waals surface area contributed by atoms with Crippen LogP contribution in [0.2, 0.25) is 0 Å². The molecule has 0 saturated carbocycles. The molecule has 10 heteroatoms. The predicted molar refractivity (Wildman–Crippen MR) is 137 cm³/mol. The van der Waals surface area contributed by atoms with Crippen LogP contribution in [0.25, 0.3) is 11.3 Å². The molecule has 0 radical (unpaired) electrons. The van der Waals surface area contributed by atoms with Crippen molar-refractivity contribution in [1.82, 2.24) is 10.3 Å². The first kappa shape index (κ1) is 23.0. The molecule has 1 saturated heterocycles. The summed E-state index contributed by atoms with van der Waals surface area (Å²) in [6.45, 7) is 0. The van der Waals surface area contributed by atoms with Gasteiger partial charge in [0.15, 0.2) is 5.11 Å². The van der Waals surface area contributed by atoms with E-state index < -0.39 is 10.0 Å². The highest BCUT2D eigenvalue weighted by Gasteiger charge is 2.42. The van der Waals surface area contributed by atoms with E-state index >= 15 is 0 Å². The second-order valence-electron chi connectivity index (χ2n) is 8.13. The molecule has 3 heterocycles. The van der Waals surface area contributed by atoms with Crippen LogP contribution in [0.5, 0.6) is 0 Å². The Bertz CT molecular complexity index is 1460. The Kier molecular flexibility index (Phi) is 6.00. The highest BCUT2D eigenvalue weighted by atomic mass is 32.2. The van der Waals surface area contributed by atoms with Crippen molar-refractivity contribution in [3.63, 3.8) is 0 Å².